The molecule has 0 saturated heterocycles. The van der Waals surface area contributed by atoms with E-state index in [0.717, 1.165) is 5.56 Å². The number of carbonyl (C=O) groups excluding carboxylic acids is 2. The minimum atomic E-state index is -0.727. The second-order valence-corrected chi connectivity index (χ2v) is 3.56. The standard InChI is InChI=1S/C12H16N2O3/c1-9(14-11(15)7-13)12(16)17-8-10-5-3-2-4-6-10/h2-6,9H,7-8,13H2,1H3,(H,14,15)/t9-/m0/s1/i/hD. The van der Waals surface area contributed by atoms with Gasteiger partial charge in [0.05, 0.1) is 6.54 Å². The number of carbonyl (C=O) groups is 2. The maximum absolute atomic E-state index is 11.6. The van der Waals surface area contributed by atoms with Crippen LogP contribution in [0.25, 0.3) is 0 Å². The van der Waals surface area contributed by atoms with Gasteiger partial charge in [-0.15, -0.1) is 0 Å². The van der Waals surface area contributed by atoms with Crippen molar-refractivity contribution in [2.24, 2.45) is 5.73 Å². The maximum atomic E-state index is 11.6. The van der Waals surface area contributed by atoms with Crippen LogP contribution in [0.15, 0.2) is 30.3 Å². The SMILES string of the molecule is [2H]NCC(=O)N[C@@H](C)C(=O)OCc1ccccc1. The summed E-state index contributed by atoms with van der Waals surface area (Å²) < 4.78 is 11.7. The van der Waals surface area contributed by atoms with Crippen molar-refractivity contribution in [3.05, 3.63) is 35.9 Å². The zero-order valence-corrected chi connectivity index (χ0v) is 9.60. The number of esters is 1. The summed E-state index contributed by atoms with van der Waals surface area (Å²) in [5.74, 6) is -0.925. The molecule has 0 unspecified atom stereocenters. The lowest BCUT2D eigenvalue weighted by atomic mass is 10.2. The van der Waals surface area contributed by atoms with Crippen LogP contribution in [0.1, 0.15) is 12.5 Å². The molecule has 0 radical (unpaired) electrons. The fraction of sp³-hybridized carbons (Fsp3) is 0.333. The van der Waals surface area contributed by atoms with Gasteiger partial charge in [0.15, 0.2) is 0 Å². The molecule has 0 heterocycles. The van der Waals surface area contributed by atoms with Gasteiger partial charge in [-0.05, 0) is 12.5 Å². The predicted octanol–water partition coefficient (Wildman–Crippen LogP) is 0.193. The molecule has 0 fully saturated rings. The minimum Gasteiger partial charge on any atom is -0.459 e. The molecular weight excluding hydrogens is 220 g/mol. The predicted molar refractivity (Wildman–Crippen MR) is 62.9 cm³/mol. The summed E-state index contributed by atoms with van der Waals surface area (Å²) in [6, 6.07) is 8.56. The summed E-state index contributed by atoms with van der Waals surface area (Å²) in [7, 11) is 0. The molecule has 0 aliphatic carbocycles. The van der Waals surface area contributed by atoms with Crippen molar-refractivity contribution in [3.8, 4) is 0 Å². The van der Waals surface area contributed by atoms with Gasteiger partial charge in [0.1, 0.15) is 14.1 Å². The Morgan fingerprint density at radius 3 is 2.82 bits per heavy atom. The van der Waals surface area contributed by atoms with E-state index in [4.69, 9.17) is 6.15 Å². The Balaban J connectivity index is 2.34. The van der Waals surface area contributed by atoms with Crippen LogP contribution in [0, 0.1) is 0 Å². The molecule has 0 saturated carbocycles. The molecule has 0 aromatic heterocycles. The van der Waals surface area contributed by atoms with Crippen LogP contribution < -0.4 is 11.0 Å². The average Bonchev–Trinajstić information content (AvgIpc) is 2.37. The number of benzene rings is 1. The highest BCUT2D eigenvalue weighted by Gasteiger charge is 2.15. The van der Waals surface area contributed by atoms with Gasteiger partial charge in [0.2, 0.25) is 5.91 Å². The molecule has 1 aromatic rings. The van der Waals surface area contributed by atoms with Gasteiger partial charge in [-0.2, -0.15) is 0 Å². The van der Waals surface area contributed by atoms with Gasteiger partial charge in [-0.1, -0.05) is 30.3 Å². The van der Waals surface area contributed by atoms with Crippen LogP contribution in [-0.2, 0) is 20.9 Å². The van der Waals surface area contributed by atoms with Gasteiger partial charge in [0, 0.05) is 0 Å². The summed E-state index contributed by atoms with van der Waals surface area (Å²) in [6.45, 7) is 1.56. The molecule has 0 spiro atoms. The lowest BCUT2D eigenvalue weighted by Gasteiger charge is -2.12. The van der Waals surface area contributed by atoms with E-state index in [9.17, 15) is 9.59 Å². The van der Waals surface area contributed by atoms with Crippen LogP contribution in [0.5, 0.6) is 0 Å². The van der Waals surface area contributed by atoms with Gasteiger partial charge in [-0.3, -0.25) is 4.79 Å². The van der Waals surface area contributed by atoms with Gasteiger partial charge >= 0.3 is 5.97 Å². The quantitative estimate of drug-likeness (QED) is 0.692. The number of hydrogen-bond acceptors (Lipinski definition) is 4. The molecule has 17 heavy (non-hydrogen) atoms. The first-order valence-corrected chi connectivity index (χ1v) is 5.28. The Morgan fingerprint density at radius 2 is 2.18 bits per heavy atom. The summed E-state index contributed by atoms with van der Waals surface area (Å²) in [6.07, 6.45) is 0. The topological polar surface area (TPSA) is 81.4 Å². The molecule has 92 valence electrons. The Hall–Kier alpha value is -1.88. The highest BCUT2D eigenvalue weighted by atomic mass is 16.5. The molecular formula is C12H16N2O3. The highest BCUT2D eigenvalue weighted by molar-refractivity contribution is 5.85. The van der Waals surface area contributed by atoms with Crippen LogP contribution in [0.3, 0.4) is 0 Å². The number of nitrogens with two attached hydrogens (primary N) is 1. The number of amides is 1. The number of rotatable bonds is 6. The third-order valence-electron chi connectivity index (χ3n) is 2.12. The Morgan fingerprint density at radius 1 is 1.47 bits per heavy atom. The largest absolute Gasteiger partial charge is 0.459 e. The molecule has 1 rings (SSSR count). The van der Waals surface area contributed by atoms with Gasteiger partial charge in [-0.25, -0.2) is 4.79 Å². The molecule has 1 aromatic carbocycles. The minimum absolute atomic E-state index is 0.156. The fourth-order valence-corrected chi connectivity index (χ4v) is 1.21. The maximum Gasteiger partial charge on any atom is 0.328 e. The van der Waals surface area contributed by atoms with E-state index in [-0.39, 0.29) is 13.2 Å². The summed E-state index contributed by atoms with van der Waals surface area (Å²) in [4.78, 5) is 22.7. The molecule has 5 heteroatoms. The lowest BCUT2D eigenvalue weighted by molar-refractivity contribution is -0.148. The molecule has 0 bridgehead atoms. The second kappa shape index (κ2) is 6.65. The van der Waals surface area contributed by atoms with E-state index in [2.05, 4.69) is 5.32 Å². The van der Waals surface area contributed by atoms with Crippen molar-refractivity contribution in [1.82, 2.24) is 5.32 Å². The van der Waals surface area contributed by atoms with E-state index < -0.39 is 17.9 Å². The normalized spacial score (nSPS) is 12.4. The van der Waals surface area contributed by atoms with Gasteiger partial charge in [0.25, 0.3) is 0 Å². The first kappa shape index (κ1) is 11.6. The Labute approximate surface area is 101 Å². The van der Waals surface area contributed by atoms with Crippen molar-refractivity contribution in [2.45, 2.75) is 19.6 Å². The number of ether oxygens (including phenoxy) is 1. The van der Waals surface area contributed by atoms with Crippen molar-refractivity contribution in [1.29, 1.82) is 0 Å². The molecule has 3 N–H and O–H groups in total. The van der Waals surface area contributed by atoms with Crippen LogP contribution in [0.4, 0.5) is 0 Å². The zero-order valence-electron chi connectivity index (χ0n) is 10.6. The summed E-state index contributed by atoms with van der Waals surface area (Å²) in [5.41, 5.74) is 2.84. The molecule has 1 atom stereocenters. The van der Waals surface area contributed by atoms with E-state index in [0.29, 0.717) is 0 Å². The first-order chi connectivity index (χ1) is 8.63. The Bertz CT molecular complexity index is 398. The molecule has 0 aliphatic heterocycles. The zero-order chi connectivity index (χ0) is 13.4. The monoisotopic (exact) mass is 237 g/mol. The molecule has 0 aliphatic rings. The van der Waals surface area contributed by atoms with E-state index in [1.807, 2.05) is 36.1 Å². The van der Waals surface area contributed by atoms with E-state index in [1.165, 1.54) is 6.92 Å². The van der Waals surface area contributed by atoms with Crippen molar-refractivity contribution in [2.75, 3.05) is 6.54 Å². The average molecular weight is 237 g/mol. The van der Waals surface area contributed by atoms with E-state index in [1.54, 1.807) is 0 Å². The second-order valence-electron chi connectivity index (χ2n) is 3.56. The lowest BCUT2D eigenvalue weighted by Crippen LogP contribution is -2.42. The van der Waals surface area contributed by atoms with Crippen LogP contribution in [-0.4, -0.2) is 24.5 Å². The van der Waals surface area contributed by atoms with Crippen molar-refractivity contribution in [3.63, 3.8) is 0 Å². The number of nitrogens with one attached hydrogen (secondary N) is 1. The van der Waals surface area contributed by atoms with Crippen LogP contribution in [0.2, 0.25) is 1.41 Å². The van der Waals surface area contributed by atoms with E-state index >= 15 is 0 Å². The highest BCUT2D eigenvalue weighted by Crippen LogP contribution is 2.01. The number of hydrogen-bond donors (Lipinski definition) is 2. The first-order valence-electron chi connectivity index (χ1n) is 5.78. The van der Waals surface area contributed by atoms with Crippen LogP contribution >= 0.6 is 0 Å². The Kier molecular flexibility index (Phi) is 4.54. The third-order valence-corrected chi connectivity index (χ3v) is 2.12. The third kappa shape index (κ3) is 4.65. The smallest absolute Gasteiger partial charge is 0.328 e. The fourth-order valence-electron chi connectivity index (χ4n) is 1.21. The molecule has 1 amide bonds. The molecule has 5 nitrogen and oxygen atoms in total. The van der Waals surface area contributed by atoms with Crippen molar-refractivity contribution >= 4 is 11.9 Å². The van der Waals surface area contributed by atoms with Gasteiger partial charge < -0.3 is 15.8 Å². The summed E-state index contributed by atoms with van der Waals surface area (Å²) in [5, 5.41) is 2.42. The summed E-state index contributed by atoms with van der Waals surface area (Å²) >= 11 is 0. The van der Waals surface area contributed by atoms with Crippen molar-refractivity contribution < 1.29 is 15.7 Å².